The summed E-state index contributed by atoms with van der Waals surface area (Å²) in [5, 5.41) is 0. The summed E-state index contributed by atoms with van der Waals surface area (Å²) in [5.41, 5.74) is 1.43. The van der Waals surface area contributed by atoms with E-state index in [-0.39, 0.29) is 6.29 Å². The lowest BCUT2D eigenvalue weighted by atomic mass is 9.82. The number of rotatable bonds is 11. The van der Waals surface area contributed by atoms with Crippen molar-refractivity contribution in [1.29, 1.82) is 0 Å². The van der Waals surface area contributed by atoms with E-state index in [0.717, 1.165) is 18.3 Å². The topological polar surface area (TPSA) is 18.5 Å². The molecular formula is C26H44O2. The van der Waals surface area contributed by atoms with Crippen LogP contribution in [-0.2, 0) is 4.74 Å². The van der Waals surface area contributed by atoms with Crippen molar-refractivity contribution in [1.82, 2.24) is 0 Å². The Balaban J connectivity index is 1.89. The Morgan fingerprint density at radius 3 is 2.04 bits per heavy atom. The van der Waals surface area contributed by atoms with Crippen molar-refractivity contribution in [2.75, 3.05) is 6.61 Å². The van der Waals surface area contributed by atoms with Crippen molar-refractivity contribution in [3.05, 3.63) is 29.8 Å². The Morgan fingerprint density at radius 1 is 0.857 bits per heavy atom. The largest absolute Gasteiger partial charge is 0.465 e. The highest BCUT2D eigenvalue weighted by Gasteiger charge is 2.20. The van der Waals surface area contributed by atoms with Crippen molar-refractivity contribution < 1.29 is 9.47 Å². The van der Waals surface area contributed by atoms with E-state index in [1.807, 2.05) is 0 Å². The van der Waals surface area contributed by atoms with Crippen LogP contribution in [0, 0.1) is 23.7 Å². The van der Waals surface area contributed by atoms with Crippen LogP contribution in [0.1, 0.15) is 98.0 Å². The first-order valence-electron chi connectivity index (χ1n) is 11.7. The summed E-state index contributed by atoms with van der Waals surface area (Å²) < 4.78 is 12.4. The second kappa shape index (κ2) is 11.9. The summed E-state index contributed by atoms with van der Waals surface area (Å²) in [6, 6.07) is 8.76. The zero-order valence-corrected chi connectivity index (χ0v) is 19.2. The third kappa shape index (κ3) is 7.78. The lowest BCUT2D eigenvalue weighted by molar-refractivity contribution is -0.111. The highest BCUT2D eigenvalue weighted by atomic mass is 16.7. The Bertz CT molecular complexity index is 526. The molecule has 0 aliphatic heterocycles. The zero-order chi connectivity index (χ0) is 20.5. The molecule has 1 aliphatic rings. The van der Waals surface area contributed by atoms with Gasteiger partial charge in [-0.2, -0.15) is 0 Å². The molecule has 0 spiro atoms. The average Bonchev–Trinajstić information content (AvgIpc) is 2.66. The third-order valence-corrected chi connectivity index (χ3v) is 6.17. The summed E-state index contributed by atoms with van der Waals surface area (Å²) in [6.07, 6.45) is 9.22. The van der Waals surface area contributed by atoms with E-state index in [2.05, 4.69) is 65.8 Å². The average molecular weight is 389 g/mol. The van der Waals surface area contributed by atoms with Crippen molar-refractivity contribution >= 4 is 0 Å². The summed E-state index contributed by atoms with van der Waals surface area (Å²) in [6.45, 7) is 14.4. The van der Waals surface area contributed by atoms with Crippen LogP contribution in [0.3, 0.4) is 0 Å². The molecule has 2 rings (SSSR count). The van der Waals surface area contributed by atoms with Gasteiger partial charge in [0.2, 0.25) is 6.29 Å². The van der Waals surface area contributed by atoms with Crippen LogP contribution >= 0.6 is 0 Å². The summed E-state index contributed by atoms with van der Waals surface area (Å²) in [4.78, 5) is 0. The molecule has 0 saturated heterocycles. The molecule has 0 radical (unpaired) electrons. The molecule has 1 aliphatic carbocycles. The quantitative estimate of drug-likeness (QED) is 0.360. The molecule has 1 fully saturated rings. The second-order valence-electron chi connectivity index (χ2n) is 9.94. The molecule has 160 valence electrons. The van der Waals surface area contributed by atoms with E-state index >= 15 is 0 Å². The molecule has 0 N–H and O–H groups in total. The van der Waals surface area contributed by atoms with Gasteiger partial charge in [0.15, 0.2) is 0 Å². The first-order valence-corrected chi connectivity index (χ1v) is 11.7. The van der Waals surface area contributed by atoms with E-state index in [1.54, 1.807) is 0 Å². The molecule has 1 aromatic carbocycles. The maximum absolute atomic E-state index is 6.22. The van der Waals surface area contributed by atoms with Crippen LogP contribution in [0.5, 0.6) is 5.75 Å². The van der Waals surface area contributed by atoms with Gasteiger partial charge in [-0.3, -0.25) is 0 Å². The Kier molecular flexibility index (Phi) is 9.85. The molecule has 0 heterocycles. The fraction of sp³-hybridized carbons (Fsp3) is 0.769. The monoisotopic (exact) mass is 388 g/mol. The van der Waals surface area contributed by atoms with Gasteiger partial charge in [-0.05, 0) is 54.2 Å². The van der Waals surface area contributed by atoms with Crippen LogP contribution in [0.15, 0.2) is 24.3 Å². The highest BCUT2D eigenvalue weighted by Crippen LogP contribution is 2.32. The van der Waals surface area contributed by atoms with Gasteiger partial charge < -0.3 is 9.47 Å². The number of hydrogen-bond donors (Lipinski definition) is 0. The lowest BCUT2D eigenvalue weighted by Gasteiger charge is -2.26. The smallest absolute Gasteiger partial charge is 0.202 e. The Labute approximate surface area is 174 Å². The van der Waals surface area contributed by atoms with Gasteiger partial charge in [-0.25, -0.2) is 0 Å². The minimum Gasteiger partial charge on any atom is -0.465 e. The van der Waals surface area contributed by atoms with Crippen molar-refractivity contribution in [2.45, 2.75) is 98.7 Å². The minimum atomic E-state index is -0.161. The maximum atomic E-state index is 6.22. The van der Waals surface area contributed by atoms with Gasteiger partial charge in [0.05, 0.1) is 6.61 Å². The first-order chi connectivity index (χ1) is 13.4. The molecule has 1 saturated carbocycles. The summed E-state index contributed by atoms with van der Waals surface area (Å²) in [7, 11) is 0. The maximum Gasteiger partial charge on any atom is 0.202 e. The van der Waals surface area contributed by atoms with E-state index in [1.165, 1.54) is 50.5 Å². The molecule has 2 unspecified atom stereocenters. The standard InChI is InChI=1S/C26H44O2/c1-19(2)18-25(20(3)4)23-12-14-24(15-13-23)28-26(21(5)6)27-17-16-22-10-8-7-9-11-22/h12-15,19-22,25-26H,7-11,16-18H2,1-6H3. The minimum absolute atomic E-state index is 0.161. The molecule has 0 amide bonds. The molecule has 0 aromatic heterocycles. The van der Waals surface area contributed by atoms with Crippen molar-refractivity contribution in [3.8, 4) is 5.75 Å². The molecule has 2 nitrogen and oxygen atoms in total. The van der Waals surface area contributed by atoms with Crippen molar-refractivity contribution in [3.63, 3.8) is 0 Å². The Hall–Kier alpha value is -1.02. The normalized spacial score (nSPS) is 18.0. The SMILES string of the molecule is CC(C)CC(c1ccc(OC(OCCC2CCCCC2)C(C)C)cc1)C(C)C. The molecule has 28 heavy (non-hydrogen) atoms. The predicted octanol–water partition coefficient (Wildman–Crippen LogP) is 7.82. The zero-order valence-electron chi connectivity index (χ0n) is 19.2. The molecule has 0 bridgehead atoms. The second-order valence-corrected chi connectivity index (χ2v) is 9.94. The van der Waals surface area contributed by atoms with Crippen LogP contribution in [0.2, 0.25) is 0 Å². The van der Waals surface area contributed by atoms with E-state index in [4.69, 9.17) is 9.47 Å². The van der Waals surface area contributed by atoms with Crippen LogP contribution < -0.4 is 4.74 Å². The van der Waals surface area contributed by atoms with E-state index in [0.29, 0.717) is 23.7 Å². The Morgan fingerprint density at radius 2 is 1.50 bits per heavy atom. The first kappa shape index (κ1) is 23.3. The van der Waals surface area contributed by atoms with Gasteiger partial charge in [0.1, 0.15) is 5.75 Å². The lowest BCUT2D eigenvalue weighted by Crippen LogP contribution is -2.27. The summed E-state index contributed by atoms with van der Waals surface area (Å²) >= 11 is 0. The summed E-state index contributed by atoms with van der Waals surface area (Å²) in [5.74, 6) is 4.10. The van der Waals surface area contributed by atoms with Crippen molar-refractivity contribution in [2.24, 2.45) is 23.7 Å². The van der Waals surface area contributed by atoms with E-state index in [9.17, 15) is 0 Å². The number of hydrogen-bond acceptors (Lipinski definition) is 2. The van der Waals surface area contributed by atoms with Gasteiger partial charge in [-0.15, -0.1) is 0 Å². The van der Waals surface area contributed by atoms with Gasteiger partial charge in [0.25, 0.3) is 0 Å². The van der Waals surface area contributed by atoms with E-state index < -0.39 is 0 Å². The molecule has 1 aromatic rings. The number of ether oxygens (including phenoxy) is 2. The predicted molar refractivity (Wildman–Crippen MR) is 120 cm³/mol. The fourth-order valence-corrected chi connectivity index (χ4v) is 4.42. The highest BCUT2D eigenvalue weighted by molar-refractivity contribution is 5.30. The van der Waals surface area contributed by atoms with Crippen LogP contribution in [0.25, 0.3) is 0 Å². The molecular weight excluding hydrogens is 344 g/mol. The molecule has 2 atom stereocenters. The van der Waals surface area contributed by atoms with Gasteiger partial charge in [-0.1, -0.05) is 85.8 Å². The third-order valence-electron chi connectivity index (χ3n) is 6.17. The fourth-order valence-electron chi connectivity index (χ4n) is 4.42. The van der Waals surface area contributed by atoms with Crippen LogP contribution in [-0.4, -0.2) is 12.9 Å². The number of benzene rings is 1. The van der Waals surface area contributed by atoms with Gasteiger partial charge in [0, 0.05) is 5.92 Å². The van der Waals surface area contributed by atoms with Gasteiger partial charge >= 0.3 is 0 Å². The molecule has 2 heteroatoms. The van der Waals surface area contributed by atoms with Crippen LogP contribution in [0.4, 0.5) is 0 Å².